The van der Waals surface area contributed by atoms with Crippen molar-refractivity contribution in [3.8, 4) is 11.5 Å². The predicted octanol–water partition coefficient (Wildman–Crippen LogP) is 5.10. The maximum atomic E-state index is 12.3. The number of amides is 2. The third kappa shape index (κ3) is 5.41. The van der Waals surface area contributed by atoms with Crippen LogP contribution in [0.25, 0.3) is 0 Å². The molecule has 5 heteroatoms. The maximum Gasteiger partial charge on any atom is 0.319 e. The van der Waals surface area contributed by atoms with Gasteiger partial charge in [0, 0.05) is 17.6 Å². The number of benzene rings is 2. The largest absolute Gasteiger partial charge is 0.493 e. The molecule has 0 unspecified atom stereocenters. The SMILES string of the molecule is COc1ccc(C(C)(C)CNC(=O)Nc2ccc(C(C)(C)C)cc2)cc1OC. The Bertz CT molecular complexity index is 806. The van der Waals surface area contributed by atoms with Crippen LogP contribution in [0.2, 0.25) is 0 Å². The average molecular weight is 385 g/mol. The first-order valence-corrected chi connectivity index (χ1v) is 9.45. The van der Waals surface area contributed by atoms with E-state index in [1.54, 1.807) is 14.2 Å². The van der Waals surface area contributed by atoms with Crippen molar-refractivity contribution in [3.63, 3.8) is 0 Å². The highest BCUT2D eigenvalue weighted by molar-refractivity contribution is 5.89. The van der Waals surface area contributed by atoms with E-state index in [1.165, 1.54) is 5.56 Å². The molecular weight excluding hydrogens is 352 g/mol. The smallest absolute Gasteiger partial charge is 0.319 e. The van der Waals surface area contributed by atoms with Crippen LogP contribution in [0.15, 0.2) is 42.5 Å². The van der Waals surface area contributed by atoms with Crippen LogP contribution in [0.1, 0.15) is 45.7 Å². The van der Waals surface area contributed by atoms with Crippen LogP contribution in [0.5, 0.6) is 11.5 Å². The van der Waals surface area contributed by atoms with Crippen molar-refractivity contribution < 1.29 is 14.3 Å². The number of carbonyl (C=O) groups excluding carboxylic acids is 1. The molecule has 0 aliphatic heterocycles. The fourth-order valence-electron chi connectivity index (χ4n) is 2.89. The Morgan fingerprint density at radius 1 is 0.857 bits per heavy atom. The number of anilines is 1. The molecule has 5 nitrogen and oxygen atoms in total. The summed E-state index contributed by atoms with van der Waals surface area (Å²) in [6, 6.07) is 13.5. The van der Waals surface area contributed by atoms with Gasteiger partial charge >= 0.3 is 6.03 Å². The molecule has 0 heterocycles. The summed E-state index contributed by atoms with van der Waals surface area (Å²) in [6.45, 7) is 11.1. The lowest BCUT2D eigenvalue weighted by atomic mass is 9.84. The minimum atomic E-state index is -0.271. The molecule has 2 rings (SSSR count). The van der Waals surface area contributed by atoms with Crippen LogP contribution >= 0.6 is 0 Å². The van der Waals surface area contributed by atoms with Gasteiger partial charge in [0.25, 0.3) is 0 Å². The van der Waals surface area contributed by atoms with E-state index < -0.39 is 0 Å². The summed E-state index contributed by atoms with van der Waals surface area (Å²) in [5.74, 6) is 1.36. The highest BCUT2D eigenvalue weighted by Gasteiger charge is 2.23. The van der Waals surface area contributed by atoms with E-state index >= 15 is 0 Å². The first-order chi connectivity index (χ1) is 13.1. The van der Waals surface area contributed by atoms with Gasteiger partial charge in [0.2, 0.25) is 0 Å². The lowest BCUT2D eigenvalue weighted by Crippen LogP contribution is -2.39. The standard InChI is InChI=1S/C23H32N2O3/c1-22(2,3)16-8-11-18(12-9-16)25-21(26)24-15-23(4,5)17-10-13-19(27-6)20(14-17)28-7/h8-14H,15H2,1-7H3,(H2,24,25,26). The lowest BCUT2D eigenvalue weighted by Gasteiger charge is -2.26. The first kappa shape index (κ1) is 21.6. The third-order valence-electron chi connectivity index (χ3n) is 4.86. The van der Waals surface area contributed by atoms with Crippen molar-refractivity contribution in [2.45, 2.75) is 45.4 Å². The molecule has 0 aliphatic rings. The second-order valence-electron chi connectivity index (χ2n) is 8.59. The Balaban J connectivity index is 1.99. The molecule has 0 aromatic heterocycles. The molecule has 0 saturated heterocycles. The van der Waals surface area contributed by atoms with Crippen molar-refractivity contribution in [2.75, 3.05) is 26.1 Å². The Morgan fingerprint density at radius 3 is 1.96 bits per heavy atom. The number of carbonyl (C=O) groups is 1. The van der Waals surface area contributed by atoms with E-state index in [0.717, 1.165) is 11.3 Å². The van der Waals surface area contributed by atoms with Gasteiger partial charge in [-0.2, -0.15) is 0 Å². The van der Waals surface area contributed by atoms with Gasteiger partial charge in [0.1, 0.15) is 0 Å². The van der Waals surface area contributed by atoms with Gasteiger partial charge in [0.05, 0.1) is 14.2 Å². The molecule has 2 aromatic rings. The average Bonchev–Trinajstić information content (AvgIpc) is 2.65. The molecule has 0 radical (unpaired) electrons. The summed E-state index contributed by atoms with van der Waals surface area (Å²) in [6.07, 6.45) is 0. The summed E-state index contributed by atoms with van der Waals surface area (Å²) < 4.78 is 10.7. The Kier molecular flexibility index (Phi) is 6.60. The minimum absolute atomic E-state index is 0.0875. The van der Waals surface area contributed by atoms with Gasteiger partial charge in [-0.1, -0.05) is 52.8 Å². The number of methoxy groups -OCH3 is 2. The van der Waals surface area contributed by atoms with E-state index in [4.69, 9.17) is 9.47 Å². The second kappa shape index (κ2) is 8.55. The number of ether oxygens (including phenoxy) is 2. The molecule has 0 saturated carbocycles. The molecule has 0 aliphatic carbocycles. The zero-order valence-corrected chi connectivity index (χ0v) is 18.0. The number of hydrogen-bond donors (Lipinski definition) is 2. The van der Waals surface area contributed by atoms with Crippen LogP contribution in [-0.2, 0) is 10.8 Å². The van der Waals surface area contributed by atoms with Crippen LogP contribution in [0, 0.1) is 0 Å². The number of rotatable bonds is 6. The van der Waals surface area contributed by atoms with Gasteiger partial charge in [-0.3, -0.25) is 0 Å². The molecule has 0 bridgehead atoms. The van der Waals surface area contributed by atoms with E-state index in [-0.39, 0.29) is 16.9 Å². The number of urea groups is 1. The first-order valence-electron chi connectivity index (χ1n) is 9.45. The molecule has 2 aromatic carbocycles. The third-order valence-corrected chi connectivity index (χ3v) is 4.86. The zero-order chi connectivity index (χ0) is 20.9. The van der Waals surface area contributed by atoms with Crippen molar-refractivity contribution in [3.05, 3.63) is 53.6 Å². The van der Waals surface area contributed by atoms with Crippen molar-refractivity contribution in [1.29, 1.82) is 0 Å². The monoisotopic (exact) mass is 384 g/mol. The van der Waals surface area contributed by atoms with Gasteiger partial charge in [0.15, 0.2) is 11.5 Å². The summed E-state index contributed by atoms with van der Waals surface area (Å²) in [5, 5.41) is 5.85. The van der Waals surface area contributed by atoms with Crippen molar-refractivity contribution in [1.82, 2.24) is 5.32 Å². The summed E-state index contributed by atoms with van der Waals surface area (Å²) >= 11 is 0. The second-order valence-corrected chi connectivity index (χ2v) is 8.59. The normalized spacial score (nSPS) is 11.7. The molecule has 0 atom stereocenters. The maximum absolute atomic E-state index is 12.3. The Morgan fingerprint density at radius 2 is 1.43 bits per heavy atom. The molecule has 28 heavy (non-hydrogen) atoms. The van der Waals surface area contributed by atoms with Gasteiger partial charge < -0.3 is 20.1 Å². The van der Waals surface area contributed by atoms with Gasteiger partial charge in [-0.15, -0.1) is 0 Å². The summed E-state index contributed by atoms with van der Waals surface area (Å²) in [7, 11) is 3.23. The fourth-order valence-corrected chi connectivity index (χ4v) is 2.89. The van der Waals surface area contributed by atoms with E-state index in [0.29, 0.717) is 18.0 Å². The molecule has 0 fully saturated rings. The Labute approximate surface area is 168 Å². The molecule has 0 spiro atoms. The lowest BCUT2D eigenvalue weighted by molar-refractivity contribution is 0.249. The van der Waals surface area contributed by atoms with Crippen LogP contribution in [-0.4, -0.2) is 26.8 Å². The highest BCUT2D eigenvalue weighted by atomic mass is 16.5. The van der Waals surface area contributed by atoms with Gasteiger partial charge in [-0.25, -0.2) is 4.79 Å². The summed E-state index contributed by atoms with van der Waals surface area (Å²) in [5.41, 5.74) is 2.87. The van der Waals surface area contributed by atoms with E-state index in [1.807, 2.05) is 42.5 Å². The van der Waals surface area contributed by atoms with Crippen LogP contribution in [0.4, 0.5) is 10.5 Å². The van der Waals surface area contributed by atoms with Crippen molar-refractivity contribution >= 4 is 11.7 Å². The molecular formula is C23H32N2O3. The molecule has 2 amide bonds. The summed E-state index contributed by atoms with van der Waals surface area (Å²) in [4.78, 5) is 12.3. The van der Waals surface area contributed by atoms with Gasteiger partial charge in [-0.05, 0) is 40.8 Å². The number of nitrogens with one attached hydrogen (secondary N) is 2. The minimum Gasteiger partial charge on any atom is -0.493 e. The highest BCUT2D eigenvalue weighted by Crippen LogP contribution is 2.33. The van der Waals surface area contributed by atoms with E-state index in [2.05, 4.69) is 45.3 Å². The fraction of sp³-hybridized carbons (Fsp3) is 0.435. The molecule has 2 N–H and O–H groups in total. The van der Waals surface area contributed by atoms with Crippen LogP contribution in [0.3, 0.4) is 0 Å². The predicted molar refractivity (Wildman–Crippen MR) is 115 cm³/mol. The van der Waals surface area contributed by atoms with Crippen molar-refractivity contribution in [2.24, 2.45) is 0 Å². The topological polar surface area (TPSA) is 59.6 Å². The van der Waals surface area contributed by atoms with E-state index in [9.17, 15) is 4.79 Å². The zero-order valence-electron chi connectivity index (χ0n) is 18.0. The Hall–Kier alpha value is -2.69. The number of hydrogen-bond acceptors (Lipinski definition) is 3. The quantitative estimate of drug-likeness (QED) is 0.728. The molecule has 152 valence electrons. The van der Waals surface area contributed by atoms with Crippen LogP contribution < -0.4 is 20.1 Å².